The number of aliphatic hydroxyl groups excluding tert-OH is 1. The zero-order valence-electron chi connectivity index (χ0n) is 10.3. The molecule has 1 aliphatic rings. The number of aliphatic hydroxyl groups is 1. The van der Waals surface area contributed by atoms with Gasteiger partial charge in [-0.2, -0.15) is 0 Å². The fourth-order valence-corrected chi connectivity index (χ4v) is 2.36. The first-order chi connectivity index (χ1) is 8.29. The molecule has 0 aromatic heterocycles. The largest absolute Gasteiger partial charge is 0.395 e. The third-order valence-corrected chi connectivity index (χ3v) is 3.39. The van der Waals surface area contributed by atoms with Gasteiger partial charge in [-0.05, 0) is 43.4 Å². The van der Waals surface area contributed by atoms with Gasteiger partial charge in [0.1, 0.15) is 0 Å². The topological polar surface area (TPSA) is 49.5 Å². The molecular weight excluding hydrogens is 212 g/mol. The highest BCUT2D eigenvalue weighted by Crippen LogP contribution is 2.20. The monoisotopic (exact) mass is 234 g/mol. The predicted molar refractivity (Wildman–Crippen MR) is 71.3 cm³/mol. The van der Waals surface area contributed by atoms with Crippen LogP contribution in [0.5, 0.6) is 0 Å². The second kappa shape index (κ2) is 6.03. The Balaban J connectivity index is 1.97. The molecule has 3 N–H and O–H groups in total. The van der Waals surface area contributed by atoms with E-state index in [0.717, 1.165) is 6.42 Å². The fourth-order valence-electron chi connectivity index (χ4n) is 2.36. The highest BCUT2D eigenvalue weighted by atomic mass is 16.3. The van der Waals surface area contributed by atoms with E-state index in [1.807, 2.05) is 0 Å². The third-order valence-electron chi connectivity index (χ3n) is 3.39. The number of piperidine rings is 1. The van der Waals surface area contributed by atoms with E-state index in [4.69, 9.17) is 10.8 Å². The summed E-state index contributed by atoms with van der Waals surface area (Å²) < 4.78 is 0. The Bertz CT molecular complexity index is 331. The third kappa shape index (κ3) is 3.45. The molecular formula is C14H22N2O. The molecule has 3 heteroatoms. The smallest absolute Gasteiger partial charge is 0.0585 e. The molecule has 2 rings (SSSR count). The van der Waals surface area contributed by atoms with Gasteiger partial charge in [0.05, 0.1) is 6.61 Å². The SMILES string of the molecule is NC(CO)Cc1ccc(N2CCCCC2)cc1. The number of rotatable bonds is 4. The molecule has 0 spiro atoms. The normalized spacial score (nSPS) is 18.1. The molecule has 1 heterocycles. The molecule has 0 saturated carbocycles. The van der Waals surface area contributed by atoms with E-state index in [9.17, 15) is 0 Å². The lowest BCUT2D eigenvalue weighted by molar-refractivity contribution is 0.265. The molecule has 3 nitrogen and oxygen atoms in total. The van der Waals surface area contributed by atoms with E-state index in [2.05, 4.69) is 29.2 Å². The Kier molecular flexibility index (Phi) is 4.40. The van der Waals surface area contributed by atoms with Gasteiger partial charge in [0.2, 0.25) is 0 Å². The van der Waals surface area contributed by atoms with Gasteiger partial charge in [-0.25, -0.2) is 0 Å². The van der Waals surface area contributed by atoms with Crippen molar-refractivity contribution in [2.75, 3.05) is 24.6 Å². The summed E-state index contributed by atoms with van der Waals surface area (Å²) in [5.74, 6) is 0. The highest BCUT2D eigenvalue weighted by Gasteiger charge is 2.10. The maximum atomic E-state index is 8.92. The summed E-state index contributed by atoms with van der Waals surface area (Å²) in [5.41, 5.74) is 8.24. The minimum absolute atomic E-state index is 0.0495. The van der Waals surface area contributed by atoms with E-state index in [1.54, 1.807) is 0 Å². The maximum Gasteiger partial charge on any atom is 0.0585 e. The van der Waals surface area contributed by atoms with Crippen LogP contribution in [0.3, 0.4) is 0 Å². The van der Waals surface area contributed by atoms with Crippen LogP contribution in [0.1, 0.15) is 24.8 Å². The molecule has 1 aromatic rings. The maximum absolute atomic E-state index is 8.92. The first-order valence-corrected chi connectivity index (χ1v) is 6.50. The summed E-state index contributed by atoms with van der Waals surface area (Å²) in [5, 5.41) is 8.92. The van der Waals surface area contributed by atoms with Crippen molar-refractivity contribution in [2.24, 2.45) is 5.73 Å². The Labute approximate surface area is 103 Å². The Morgan fingerprint density at radius 2 is 1.76 bits per heavy atom. The molecule has 0 radical (unpaired) electrons. The summed E-state index contributed by atoms with van der Waals surface area (Å²) >= 11 is 0. The average molecular weight is 234 g/mol. The first kappa shape index (κ1) is 12.4. The fraction of sp³-hybridized carbons (Fsp3) is 0.571. The van der Waals surface area contributed by atoms with Crippen molar-refractivity contribution < 1.29 is 5.11 Å². The van der Waals surface area contributed by atoms with E-state index in [-0.39, 0.29) is 12.6 Å². The number of anilines is 1. The van der Waals surface area contributed by atoms with Gasteiger partial charge < -0.3 is 15.7 Å². The van der Waals surface area contributed by atoms with Crippen LogP contribution in [0, 0.1) is 0 Å². The van der Waals surface area contributed by atoms with Gasteiger partial charge >= 0.3 is 0 Å². The minimum Gasteiger partial charge on any atom is -0.395 e. The first-order valence-electron chi connectivity index (χ1n) is 6.50. The van der Waals surface area contributed by atoms with E-state index in [1.165, 1.54) is 43.6 Å². The van der Waals surface area contributed by atoms with Crippen molar-refractivity contribution in [3.8, 4) is 0 Å². The summed E-state index contributed by atoms with van der Waals surface area (Å²) in [7, 11) is 0. The van der Waals surface area contributed by atoms with Crippen molar-refractivity contribution in [1.82, 2.24) is 0 Å². The van der Waals surface area contributed by atoms with Crippen molar-refractivity contribution >= 4 is 5.69 Å². The van der Waals surface area contributed by atoms with E-state index < -0.39 is 0 Å². The lowest BCUT2D eigenvalue weighted by Gasteiger charge is -2.29. The van der Waals surface area contributed by atoms with Crippen molar-refractivity contribution in [2.45, 2.75) is 31.7 Å². The number of nitrogens with zero attached hydrogens (tertiary/aromatic N) is 1. The summed E-state index contributed by atoms with van der Waals surface area (Å²) in [6.45, 7) is 2.40. The lowest BCUT2D eigenvalue weighted by Crippen LogP contribution is -2.29. The highest BCUT2D eigenvalue weighted by molar-refractivity contribution is 5.48. The van der Waals surface area contributed by atoms with Gasteiger partial charge in [0, 0.05) is 24.8 Å². The zero-order valence-corrected chi connectivity index (χ0v) is 10.3. The molecule has 0 aliphatic carbocycles. The van der Waals surface area contributed by atoms with Gasteiger partial charge in [-0.3, -0.25) is 0 Å². The van der Waals surface area contributed by atoms with Crippen molar-refractivity contribution in [3.05, 3.63) is 29.8 Å². The number of nitrogens with two attached hydrogens (primary N) is 1. The van der Waals surface area contributed by atoms with Crippen molar-refractivity contribution in [1.29, 1.82) is 0 Å². The molecule has 1 aliphatic heterocycles. The molecule has 0 amide bonds. The molecule has 17 heavy (non-hydrogen) atoms. The molecule has 94 valence electrons. The molecule has 1 fully saturated rings. The standard InChI is InChI=1S/C14H22N2O/c15-13(11-17)10-12-4-6-14(7-5-12)16-8-2-1-3-9-16/h4-7,13,17H,1-3,8-11,15H2. The van der Waals surface area contributed by atoms with E-state index >= 15 is 0 Å². The Morgan fingerprint density at radius 3 is 2.35 bits per heavy atom. The lowest BCUT2D eigenvalue weighted by atomic mass is 10.1. The minimum atomic E-state index is -0.143. The molecule has 1 aromatic carbocycles. The van der Waals surface area contributed by atoms with Crippen molar-refractivity contribution in [3.63, 3.8) is 0 Å². The van der Waals surface area contributed by atoms with Crippen LogP contribution in [0.15, 0.2) is 24.3 Å². The predicted octanol–water partition coefficient (Wildman–Crippen LogP) is 1.54. The van der Waals surface area contributed by atoms with Crippen LogP contribution in [-0.2, 0) is 6.42 Å². The van der Waals surface area contributed by atoms with Crippen LogP contribution < -0.4 is 10.6 Å². The van der Waals surface area contributed by atoms with E-state index in [0.29, 0.717) is 0 Å². The van der Waals surface area contributed by atoms with Crippen LogP contribution in [0.4, 0.5) is 5.69 Å². The summed E-state index contributed by atoms with van der Waals surface area (Å²) in [6.07, 6.45) is 4.71. The average Bonchev–Trinajstić information content (AvgIpc) is 2.40. The molecule has 1 saturated heterocycles. The van der Waals surface area contributed by atoms with Gasteiger partial charge in [-0.1, -0.05) is 12.1 Å². The number of benzene rings is 1. The van der Waals surface area contributed by atoms with Gasteiger partial charge in [-0.15, -0.1) is 0 Å². The number of hydrogen-bond acceptors (Lipinski definition) is 3. The number of hydrogen-bond donors (Lipinski definition) is 2. The summed E-state index contributed by atoms with van der Waals surface area (Å²) in [4.78, 5) is 2.44. The van der Waals surface area contributed by atoms with Crippen LogP contribution in [0.2, 0.25) is 0 Å². The molecule has 1 unspecified atom stereocenters. The second-order valence-corrected chi connectivity index (χ2v) is 4.86. The molecule has 0 bridgehead atoms. The van der Waals surface area contributed by atoms with Crippen LogP contribution in [-0.4, -0.2) is 30.8 Å². The van der Waals surface area contributed by atoms with Gasteiger partial charge in [0.25, 0.3) is 0 Å². The molecule has 1 atom stereocenters. The van der Waals surface area contributed by atoms with Crippen LogP contribution >= 0.6 is 0 Å². The zero-order chi connectivity index (χ0) is 12.1. The second-order valence-electron chi connectivity index (χ2n) is 4.86. The summed E-state index contributed by atoms with van der Waals surface area (Å²) in [6, 6.07) is 8.45. The Morgan fingerprint density at radius 1 is 1.12 bits per heavy atom. The van der Waals surface area contributed by atoms with Crippen LogP contribution in [0.25, 0.3) is 0 Å². The van der Waals surface area contributed by atoms with Gasteiger partial charge in [0.15, 0.2) is 0 Å². The Hall–Kier alpha value is -1.06. The quantitative estimate of drug-likeness (QED) is 0.831.